The quantitative estimate of drug-likeness (QED) is 0.204. The van der Waals surface area contributed by atoms with Gasteiger partial charge in [-0.3, -0.25) is 0 Å². The first-order valence-electron chi connectivity index (χ1n) is 12.4. The van der Waals surface area contributed by atoms with Crippen molar-refractivity contribution in [2.45, 2.75) is 52.2 Å². The number of halogens is 4. The predicted molar refractivity (Wildman–Crippen MR) is 166 cm³/mol. The first kappa shape index (κ1) is 31.6. The maximum absolute atomic E-state index is 5.90. The molecular weight excluding hydrogens is 683 g/mol. The number of aryl methyl sites for hydroxylation is 2. The maximum atomic E-state index is 5.90. The Morgan fingerprint density at radius 1 is 1.15 bits per heavy atom. The van der Waals surface area contributed by atoms with E-state index in [9.17, 15) is 0 Å². The molecule has 2 aromatic carbocycles. The number of thiazole rings is 1. The zero-order valence-electron chi connectivity index (χ0n) is 22.0. The number of nitrogens with two attached hydrogens (primary N) is 1. The number of benzene rings is 2. The van der Waals surface area contributed by atoms with Gasteiger partial charge >= 0.3 is 0 Å². The lowest BCUT2D eigenvalue weighted by atomic mass is 9.93. The summed E-state index contributed by atoms with van der Waals surface area (Å²) >= 11 is 14.5. The largest absolute Gasteiger partial charge is 1.00 e. The molecule has 0 saturated carbocycles. The second kappa shape index (κ2) is 14.6. The summed E-state index contributed by atoms with van der Waals surface area (Å²) in [6.45, 7) is 6.86. The van der Waals surface area contributed by atoms with Gasteiger partial charge < -0.3 is 28.8 Å². The van der Waals surface area contributed by atoms with Crippen molar-refractivity contribution in [3.05, 3.63) is 90.6 Å². The molecule has 2 aromatic heterocycles. The summed E-state index contributed by atoms with van der Waals surface area (Å²) in [7, 11) is 0. The van der Waals surface area contributed by atoms with Gasteiger partial charge in [0.15, 0.2) is 12.2 Å². The van der Waals surface area contributed by atoms with Crippen molar-refractivity contribution >= 4 is 72.0 Å². The van der Waals surface area contributed by atoms with Crippen LogP contribution < -0.4 is 33.3 Å². The number of nitrogen functional groups attached to an aromatic ring is 1. The SMILES string of the molecule is CC1CC(Nc2ccc(Br)cc2)c2cc(Br)ccc2N1.Cc1ncc(C[n+]2csc(CCCl)c2C)c(N)n1.[Cl-]. The van der Waals surface area contributed by atoms with Crippen molar-refractivity contribution in [1.82, 2.24) is 9.97 Å². The Morgan fingerprint density at radius 3 is 2.56 bits per heavy atom. The molecule has 0 radical (unpaired) electrons. The van der Waals surface area contributed by atoms with E-state index in [-0.39, 0.29) is 12.4 Å². The Morgan fingerprint density at radius 2 is 1.87 bits per heavy atom. The van der Waals surface area contributed by atoms with Crippen LogP contribution in [0.1, 0.15) is 46.9 Å². The molecule has 5 rings (SSSR count). The molecule has 0 fully saturated rings. The molecule has 0 bridgehead atoms. The normalized spacial score (nSPS) is 15.7. The zero-order chi connectivity index (χ0) is 27.2. The van der Waals surface area contributed by atoms with Crippen LogP contribution >= 0.6 is 54.8 Å². The summed E-state index contributed by atoms with van der Waals surface area (Å²) in [5, 5.41) is 7.18. The molecule has 3 heterocycles. The van der Waals surface area contributed by atoms with Gasteiger partial charge in [-0.05, 0) is 68.3 Å². The Labute approximate surface area is 262 Å². The van der Waals surface area contributed by atoms with E-state index in [4.69, 9.17) is 17.3 Å². The van der Waals surface area contributed by atoms with Crippen LogP contribution in [0, 0.1) is 13.8 Å². The number of hydrogen-bond donors (Lipinski definition) is 3. The van der Waals surface area contributed by atoms with Crippen molar-refractivity contribution in [3.8, 4) is 0 Å². The van der Waals surface area contributed by atoms with Crippen LogP contribution in [0.4, 0.5) is 17.2 Å². The number of nitrogens with one attached hydrogen (secondary N) is 2. The van der Waals surface area contributed by atoms with Crippen molar-refractivity contribution in [1.29, 1.82) is 0 Å². The summed E-state index contributed by atoms with van der Waals surface area (Å²) in [5.74, 6) is 1.91. The van der Waals surface area contributed by atoms with Gasteiger partial charge in [-0.1, -0.05) is 43.2 Å². The first-order chi connectivity index (χ1) is 18.2. The average molecular weight is 715 g/mol. The van der Waals surface area contributed by atoms with Crippen LogP contribution in [0.25, 0.3) is 0 Å². The van der Waals surface area contributed by atoms with Crippen LogP contribution in [0.2, 0.25) is 0 Å². The number of aromatic nitrogens is 3. The molecular formula is C28H32Br2Cl2N6S. The minimum absolute atomic E-state index is 0. The number of nitrogens with zero attached hydrogens (tertiary/aromatic N) is 3. The van der Waals surface area contributed by atoms with Crippen molar-refractivity contribution < 1.29 is 17.0 Å². The van der Waals surface area contributed by atoms with E-state index in [0.29, 0.717) is 36.2 Å². The zero-order valence-corrected chi connectivity index (χ0v) is 27.5. The fourth-order valence-electron chi connectivity index (χ4n) is 4.39. The molecule has 1 aliphatic heterocycles. The number of hydrogen-bond acceptors (Lipinski definition) is 6. The van der Waals surface area contributed by atoms with Gasteiger partial charge in [0.1, 0.15) is 11.6 Å². The monoisotopic (exact) mass is 712 g/mol. The van der Waals surface area contributed by atoms with Crippen molar-refractivity contribution in [3.63, 3.8) is 0 Å². The van der Waals surface area contributed by atoms with E-state index in [2.05, 4.69) is 119 Å². The molecule has 0 saturated heterocycles. The third-order valence-electron chi connectivity index (χ3n) is 6.40. The van der Waals surface area contributed by atoms with E-state index in [1.54, 1.807) is 17.5 Å². The molecule has 39 heavy (non-hydrogen) atoms. The lowest BCUT2D eigenvalue weighted by Crippen LogP contribution is -3.00. The van der Waals surface area contributed by atoms with E-state index >= 15 is 0 Å². The van der Waals surface area contributed by atoms with Crippen LogP contribution in [0.15, 0.2) is 63.1 Å². The standard InChI is InChI=1S/C16H16Br2N2.C12H16ClN4S.ClH/c1-10-8-16(20-13-5-2-11(17)3-6-13)14-9-12(18)4-7-15(14)19-10;1-8-11(3-4-13)18-7-17(8)6-10-5-15-9(2)16-12(10)14;/h2-7,9-10,16,19-20H,8H2,1H3;5,7H,3-4,6H2,1-2H3,(H2,14,15,16);1H/q;+1;/p-1. The van der Waals surface area contributed by atoms with Gasteiger partial charge in [-0.15, -0.1) is 11.6 Å². The summed E-state index contributed by atoms with van der Waals surface area (Å²) < 4.78 is 4.39. The smallest absolute Gasteiger partial charge is 0.225 e. The third kappa shape index (κ3) is 8.54. The topological polar surface area (TPSA) is 79.7 Å². The highest BCUT2D eigenvalue weighted by Crippen LogP contribution is 2.36. The maximum Gasteiger partial charge on any atom is 0.225 e. The Bertz CT molecular complexity index is 1380. The molecule has 1 aliphatic rings. The highest BCUT2D eigenvalue weighted by Gasteiger charge is 2.24. The second-order valence-corrected chi connectivity index (χ2v) is 12.5. The van der Waals surface area contributed by atoms with Gasteiger partial charge in [-0.25, -0.2) is 9.97 Å². The molecule has 11 heteroatoms. The molecule has 208 valence electrons. The van der Waals surface area contributed by atoms with Crippen molar-refractivity contribution in [2.24, 2.45) is 0 Å². The van der Waals surface area contributed by atoms with Crippen LogP contribution in [0.3, 0.4) is 0 Å². The van der Waals surface area contributed by atoms with Gasteiger partial charge in [0.25, 0.3) is 0 Å². The predicted octanol–water partition coefficient (Wildman–Crippen LogP) is 4.43. The summed E-state index contributed by atoms with van der Waals surface area (Å²) in [4.78, 5) is 9.68. The van der Waals surface area contributed by atoms with E-state index in [1.165, 1.54) is 21.8 Å². The Hall–Kier alpha value is -1.91. The van der Waals surface area contributed by atoms with Gasteiger partial charge in [-0.2, -0.15) is 4.57 Å². The van der Waals surface area contributed by atoms with Crippen LogP contribution in [-0.2, 0) is 13.0 Å². The molecule has 0 aliphatic carbocycles. The number of alkyl halides is 1. The highest BCUT2D eigenvalue weighted by atomic mass is 79.9. The Kier molecular flexibility index (Phi) is 11.9. The van der Waals surface area contributed by atoms with Gasteiger partial charge in [0.2, 0.25) is 5.51 Å². The van der Waals surface area contributed by atoms with E-state index < -0.39 is 0 Å². The van der Waals surface area contributed by atoms with E-state index in [1.807, 2.05) is 6.92 Å². The lowest BCUT2D eigenvalue weighted by Gasteiger charge is -2.32. The highest BCUT2D eigenvalue weighted by molar-refractivity contribution is 9.10. The lowest BCUT2D eigenvalue weighted by molar-refractivity contribution is -0.689. The number of fused-ring (bicyclic) bond motifs is 1. The first-order valence-corrected chi connectivity index (χ1v) is 15.4. The van der Waals surface area contributed by atoms with Crippen LogP contribution in [-0.4, -0.2) is 21.9 Å². The average Bonchev–Trinajstić information content (AvgIpc) is 3.22. The summed E-state index contributed by atoms with van der Waals surface area (Å²) in [5.41, 5.74) is 13.9. The van der Waals surface area contributed by atoms with Gasteiger partial charge in [0.05, 0.1) is 16.5 Å². The number of rotatable bonds is 6. The van der Waals surface area contributed by atoms with Crippen LogP contribution in [0.5, 0.6) is 0 Å². The fourth-order valence-corrected chi connectivity index (χ4v) is 6.33. The molecule has 6 nitrogen and oxygen atoms in total. The molecule has 0 amide bonds. The van der Waals surface area contributed by atoms with Gasteiger partial charge in [0, 0.05) is 51.8 Å². The number of anilines is 3. The minimum atomic E-state index is 0. The molecule has 4 N–H and O–H groups in total. The van der Waals surface area contributed by atoms with E-state index in [0.717, 1.165) is 33.0 Å². The fraction of sp³-hybridized carbons (Fsp3) is 0.321. The molecule has 0 spiro atoms. The summed E-state index contributed by atoms with van der Waals surface area (Å²) in [6.07, 6.45) is 3.77. The molecule has 4 aromatic rings. The molecule has 2 unspecified atom stereocenters. The second-order valence-electron chi connectivity index (χ2n) is 9.34. The van der Waals surface area contributed by atoms with Crippen molar-refractivity contribution in [2.75, 3.05) is 22.2 Å². The third-order valence-corrected chi connectivity index (χ3v) is 8.76. The Balaban J connectivity index is 0.000000211. The molecule has 2 atom stereocenters. The summed E-state index contributed by atoms with van der Waals surface area (Å²) in [6, 6.07) is 15.6. The minimum Gasteiger partial charge on any atom is -1.00 e.